The molecular formula is C11H5F3N2OS. The van der Waals surface area contributed by atoms with Gasteiger partial charge in [-0.15, -0.1) is 11.3 Å². The molecule has 0 radical (unpaired) electrons. The molecule has 3 nitrogen and oxygen atoms in total. The first-order valence-electron chi connectivity index (χ1n) is 4.67. The van der Waals surface area contributed by atoms with E-state index in [4.69, 9.17) is 5.26 Å². The fourth-order valence-electron chi connectivity index (χ4n) is 1.40. The normalized spacial score (nSPS) is 11.2. The molecule has 0 unspecified atom stereocenters. The third-order valence-electron chi connectivity index (χ3n) is 2.22. The van der Waals surface area contributed by atoms with Crippen molar-refractivity contribution in [3.8, 4) is 22.4 Å². The number of benzene rings is 1. The zero-order valence-electron chi connectivity index (χ0n) is 8.69. The van der Waals surface area contributed by atoms with Crippen molar-refractivity contribution in [3.05, 3.63) is 34.8 Å². The molecule has 1 N–H and O–H groups in total. The Hall–Kier alpha value is -2.07. The molecule has 0 spiro atoms. The third kappa shape index (κ3) is 2.15. The van der Waals surface area contributed by atoms with Gasteiger partial charge in [-0.3, -0.25) is 0 Å². The van der Waals surface area contributed by atoms with Crippen molar-refractivity contribution in [2.45, 2.75) is 6.18 Å². The van der Waals surface area contributed by atoms with E-state index in [1.165, 1.54) is 12.3 Å². The molecule has 0 aliphatic rings. The van der Waals surface area contributed by atoms with Gasteiger partial charge in [0, 0.05) is 11.6 Å². The Labute approximate surface area is 104 Å². The molecule has 92 valence electrons. The van der Waals surface area contributed by atoms with Gasteiger partial charge in [0.1, 0.15) is 16.8 Å². The van der Waals surface area contributed by atoms with E-state index in [-0.39, 0.29) is 10.6 Å². The highest BCUT2D eigenvalue weighted by atomic mass is 32.1. The average molecular weight is 270 g/mol. The second-order valence-electron chi connectivity index (χ2n) is 3.37. The Bertz CT molecular complexity index is 614. The van der Waals surface area contributed by atoms with Gasteiger partial charge in [0.05, 0.1) is 16.7 Å². The Morgan fingerprint density at radius 1 is 1.33 bits per heavy atom. The lowest BCUT2D eigenvalue weighted by Crippen LogP contribution is -2.05. The van der Waals surface area contributed by atoms with Crippen LogP contribution in [-0.2, 0) is 6.18 Å². The van der Waals surface area contributed by atoms with Crippen LogP contribution in [0.3, 0.4) is 0 Å². The first-order valence-corrected chi connectivity index (χ1v) is 5.55. The van der Waals surface area contributed by atoms with E-state index in [1.807, 2.05) is 0 Å². The number of thiazole rings is 1. The Kier molecular flexibility index (Phi) is 2.97. The predicted molar refractivity (Wildman–Crippen MR) is 58.9 cm³/mol. The maximum atomic E-state index is 12.6. The Morgan fingerprint density at radius 2 is 2.06 bits per heavy atom. The molecule has 1 heterocycles. The van der Waals surface area contributed by atoms with Crippen molar-refractivity contribution in [1.29, 1.82) is 5.26 Å². The molecule has 0 atom stereocenters. The number of rotatable bonds is 1. The molecule has 0 aliphatic carbocycles. The summed E-state index contributed by atoms with van der Waals surface area (Å²) in [6.07, 6.45) is -3.17. The number of aromatic nitrogens is 1. The van der Waals surface area contributed by atoms with Crippen molar-refractivity contribution < 1.29 is 18.3 Å². The number of phenolic OH excluding ortho intramolecular Hbond substituents is 1. The van der Waals surface area contributed by atoms with Gasteiger partial charge in [-0.25, -0.2) is 4.98 Å². The highest BCUT2D eigenvalue weighted by Crippen LogP contribution is 2.39. The molecule has 7 heteroatoms. The minimum absolute atomic E-state index is 0.0867. The van der Waals surface area contributed by atoms with Crippen LogP contribution in [0.15, 0.2) is 23.7 Å². The molecule has 18 heavy (non-hydrogen) atoms. The van der Waals surface area contributed by atoms with E-state index in [2.05, 4.69) is 4.98 Å². The van der Waals surface area contributed by atoms with Crippen LogP contribution in [0, 0.1) is 11.3 Å². The van der Waals surface area contributed by atoms with E-state index in [0.717, 1.165) is 17.4 Å². The molecule has 1 aromatic carbocycles. The van der Waals surface area contributed by atoms with E-state index < -0.39 is 23.1 Å². The lowest BCUT2D eigenvalue weighted by atomic mass is 10.0. The quantitative estimate of drug-likeness (QED) is 0.863. The first-order chi connectivity index (χ1) is 8.43. The van der Waals surface area contributed by atoms with Crippen LogP contribution in [0.2, 0.25) is 0 Å². The minimum atomic E-state index is -4.58. The second-order valence-corrected chi connectivity index (χ2v) is 4.26. The molecule has 0 fully saturated rings. The van der Waals surface area contributed by atoms with Gasteiger partial charge in [-0.1, -0.05) is 0 Å². The molecule has 0 saturated heterocycles. The monoisotopic (exact) mass is 270 g/mol. The van der Waals surface area contributed by atoms with Crippen molar-refractivity contribution in [3.63, 3.8) is 0 Å². The van der Waals surface area contributed by atoms with E-state index in [1.54, 1.807) is 5.38 Å². The fraction of sp³-hybridized carbons (Fsp3) is 0.0909. The van der Waals surface area contributed by atoms with Crippen molar-refractivity contribution in [2.75, 3.05) is 0 Å². The molecule has 2 aromatic rings. The van der Waals surface area contributed by atoms with Gasteiger partial charge in [0.25, 0.3) is 0 Å². The summed E-state index contributed by atoms with van der Waals surface area (Å²) in [5.41, 5.74) is -1.49. The summed E-state index contributed by atoms with van der Waals surface area (Å²) < 4.78 is 37.9. The lowest BCUT2D eigenvalue weighted by Gasteiger charge is -2.10. The smallest absolute Gasteiger partial charge is 0.416 e. The van der Waals surface area contributed by atoms with Crippen LogP contribution in [0.25, 0.3) is 10.6 Å². The second kappa shape index (κ2) is 4.31. The summed E-state index contributed by atoms with van der Waals surface area (Å²) in [6.45, 7) is 0. The van der Waals surface area contributed by atoms with Crippen molar-refractivity contribution >= 4 is 11.3 Å². The largest absolute Gasteiger partial charge is 0.506 e. The summed E-state index contributed by atoms with van der Waals surface area (Å²) in [5.74, 6) is -0.486. The zero-order valence-corrected chi connectivity index (χ0v) is 9.51. The summed E-state index contributed by atoms with van der Waals surface area (Å²) >= 11 is 1.08. The van der Waals surface area contributed by atoms with Crippen LogP contribution in [0.5, 0.6) is 5.75 Å². The summed E-state index contributed by atoms with van der Waals surface area (Å²) in [7, 11) is 0. The zero-order chi connectivity index (χ0) is 13.3. The molecule has 0 saturated carbocycles. The number of alkyl halides is 3. The van der Waals surface area contributed by atoms with E-state index >= 15 is 0 Å². The minimum Gasteiger partial charge on any atom is -0.506 e. The van der Waals surface area contributed by atoms with Crippen LogP contribution >= 0.6 is 11.3 Å². The van der Waals surface area contributed by atoms with Gasteiger partial charge in [-0.05, 0) is 12.1 Å². The molecular weight excluding hydrogens is 265 g/mol. The lowest BCUT2D eigenvalue weighted by molar-refractivity contribution is -0.137. The number of nitriles is 1. The SMILES string of the molecule is N#Cc1cc(C(F)(F)F)cc(-c2nccs2)c1O. The molecule has 0 amide bonds. The topological polar surface area (TPSA) is 56.9 Å². The number of hydrogen-bond acceptors (Lipinski definition) is 4. The van der Waals surface area contributed by atoms with Gasteiger partial charge < -0.3 is 5.11 Å². The van der Waals surface area contributed by atoms with Gasteiger partial charge in [0.2, 0.25) is 0 Å². The van der Waals surface area contributed by atoms with Gasteiger partial charge >= 0.3 is 6.18 Å². The number of halogens is 3. The van der Waals surface area contributed by atoms with Crippen LogP contribution < -0.4 is 0 Å². The number of hydrogen-bond donors (Lipinski definition) is 1. The first kappa shape index (κ1) is 12.4. The average Bonchev–Trinajstić information content (AvgIpc) is 2.81. The predicted octanol–water partition coefficient (Wildman–Crippen LogP) is 3.41. The van der Waals surface area contributed by atoms with E-state index in [0.29, 0.717) is 6.07 Å². The molecule has 0 aliphatic heterocycles. The van der Waals surface area contributed by atoms with Crippen LogP contribution in [-0.4, -0.2) is 10.1 Å². The number of nitrogens with zero attached hydrogens (tertiary/aromatic N) is 2. The van der Waals surface area contributed by atoms with Crippen LogP contribution in [0.4, 0.5) is 13.2 Å². The standard InChI is InChI=1S/C11H5F3N2OS/c12-11(13,14)7-3-6(5-15)9(17)8(4-7)10-16-1-2-18-10/h1-4,17H. The highest BCUT2D eigenvalue weighted by Gasteiger charge is 2.32. The van der Waals surface area contributed by atoms with Crippen LogP contribution in [0.1, 0.15) is 11.1 Å². The maximum absolute atomic E-state index is 12.6. The summed E-state index contributed by atoms with van der Waals surface area (Å²) in [5, 5.41) is 20.3. The molecule has 0 bridgehead atoms. The number of phenols is 1. The highest BCUT2D eigenvalue weighted by molar-refractivity contribution is 7.13. The Balaban J connectivity index is 2.70. The van der Waals surface area contributed by atoms with Crippen molar-refractivity contribution in [1.82, 2.24) is 4.98 Å². The fourth-order valence-corrected chi connectivity index (χ4v) is 2.06. The summed E-state index contributed by atoms with van der Waals surface area (Å²) in [6, 6.07) is 2.94. The molecule has 2 rings (SSSR count). The third-order valence-corrected chi connectivity index (χ3v) is 3.03. The Morgan fingerprint density at radius 3 is 2.56 bits per heavy atom. The maximum Gasteiger partial charge on any atom is 0.416 e. The van der Waals surface area contributed by atoms with Gasteiger partial charge in [-0.2, -0.15) is 18.4 Å². The summed E-state index contributed by atoms with van der Waals surface area (Å²) in [4.78, 5) is 3.83. The van der Waals surface area contributed by atoms with E-state index in [9.17, 15) is 18.3 Å². The number of aromatic hydroxyl groups is 1. The van der Waals surface area contributed by atoms with Gasteiger partial charge in [0.15, 0.2) is 0 Å². The van der Waals surface area contributed by atoms with Crippen molar-refractivity contribution in [2.24, 2.45) is 0 Å². The molecule has 1 aromatic heterocycles.